The highest BCUT2D eigenvalue weighted by atomic mass is 32.1. The molecule has 414 valence electrons. The number of nitrogens with zero attached hydrogens (tertiary/aromatic N) is 10. The van der Waals surface area contributed by atoms with Gasteiger partial charge in [-0.25, -0.2) is 9.67 Å². The summed E-state index contributed by atoms with van der Waals surface area (Å²) >= 11 is 1.60. The molecule has 2 amide bonds. The minimum atomic E-state index is -0.796. The van der Waals surface area contributed by atoms with Crippen molar-refractivity contribution in [2.75, 3.05) is 63.0 Å². The SMILES string of the molecule is Cc1ncsc1-c1ccc([C@H](C)NC(=O)[C@@H]2C[C@@H](O)CN2C(=O)[C@@H](c2cc(N3CCC(CN4CCC(O[C@H]5C[C@H](N6CCC(Cc7cnn(-c8cc(-c9ccccc9O)nnc8N)c7)CC6)C5)CC4)CC3)no2)C(C)C)cc1. The van der Waals surface area contributed by atoms with Crippen molar-refractivity contribution >= 4 is 34.8 Å². The zero-order valence-corrected chi connectivity index (χ0v) is 46.3. The van der Waals surface area contributed by atoms with E-state index in [1.54, 1.807) is 33.1 Å². The van der Waals surface area contributed by atoms with Crippen LogP contribution in [0.15, 0.2) is 83.1 Å². The van der Waals surface area contributed by atoms with Crippen LogP contribution in [0.3, 0.4) is 0 Å². The number of nitrogen functional groups attached to an aromatic ring is 1. The largest absolute Gasteiger partial charge is 0.507 e. The number of aryl methyl sites for hydroxylation is 1. The molecule has 4 aromatic heterocycles. The Morgan fingerprint density at radius 1 is 0.897 bits per heavy atom. The number of hydrogen-bond acceptors (Lipinski definition) is 16. The number of β-amino-alcohol motifs (C(OH)–C–C–N with tert-alkyl or cyclic N) is 1. The fraction of sp³-hybridized carbons (Fsp3) is 0.542. The summed E-state index contributed by atoms with van der Waals surface area (Å²) in [6.07, 6.45) is 14.0. The number of para-hydroxylation sites is 1. The van der Waals surface area contributed by atoms with Crippen molar-refractivity contribution in [2.24, 2.45) is 17.8 Å². The second-order valence-electron chi connectivity index (χ2n) is 23.1. The van der Waals surface area contributed by atoms with Gasteiger partial charge in [-0.1, -0.05) is 55.4 Å². The third kappa shape index (κ3) is 12.0. The number of aromatic nitrogens is 6. The number of carbonyl (C=O) groups is 2. The molecule has 0 radical (unpaired) electrons. The number of ether oxygens (including phenoxy) is 1. The van der Waals surface area contributed by atoms with Gasteiger partial charge in [0.25, 0.3) is 0 Å². The first-order chi connectivity index (χ1) is 37.8. The van der Waals surface area contributed by atoms with Crippen molar-refractivity contribution in [3.8, 4) is 33.1 Å². The van der Waals surface area contributed by atoms with Gasteiger partial charge in [-0.05, 0) is 137 Å². The number of likely N-dealkylation sites (tertiary alicyclic amines) is 3. The number of rotatable bonds is 17. The second kappa shape index (κ2) is 23.6. The number of aliphatic hydroxyl groups is 1. The van der Waals surface area contributed by atoms with Crippen molar-refractivity contribution in [2.45, 2.75) is 134 Å². The van der Waals surface area contributed by atoms with Crippen LogP contribution in [0.1, 0.15) is 113 Å². The smallest absolute Gasteiger partial charge is 0.243 e. The number of phenolic OH excluding ortho intramolecular Hbond substituents is 1. The molecule has 0 spiro atoms. The third-order valence-electron chi connectivity index (χ3n) is 17.4. The number of anilines is 2. The molecule has 5 fully saturated rings. The summed E-state index contributed by atoms with van der Waals surface area (Å²) in [4.78, 5) is 42.8. The van der Waals surface area contributed by atoms with E-state index < -0.39 is 18.1 Å². The normalized spacial score (nSPS) is 22.9. The molecule has 5 aliphatic rings. The summed E-state index contributed by atoms with van der Waals surface area (Å²) in [5.41, 5.74) is 14.1. The second-order valence-corrected chi connectivity index (χ2v) is 24.0. The highest BCUT2D eigenvalue weighted by Gasteiger charge is 2.44. The first-order valence-corrected chi connectivity index (χ1v) is 29.3. The van der Waals surface area contributed by atoms with Crippen LogP contribution in [0.2, 0.25) is 0 Å². The Kier molecular flexibility index (Phi) is 16.3. The maximum Gasteiger partial charge on any atom is 0.243 e. The molecule has 8 heterocycles. The van der Waals surface area contributed by atoms with E-state index in [1.165, 1.54) is 18.4 Å². The molecule has 4 atom stereocenters. The monoisotopic (exact) mass is 1080 g/mol. The molecule has 1 aliphatic carbocycles. The first kappa shape index (κ1) is 53.7. The molecule has 1 saturated carbocycles. The topological polar surface area (TPSA) is 217 Å². The number of amides is 2. The Balaban J connectivity index is 0.581. The maximum absolute atomic E-state index is 14.4. The van der Waals surface area contributed by atoms with Crippen LogP contribution in [0, 0.1) is 24.7 Å². The van der Waals surface area contributed by atoms with Gasteiger partial charge in [0.2, 0.25) is 11.8 Å². The molecule has 5 N–H and O–H groups in total. The predicted molar refractivity (Wildman–Crippen MR) is 300 cm³/mol. The Morgan fingerprint density at radius 3 is 2.36 bits per heavy atom. The molecule has 78 heavy (non-hydrogen) atoms. The number of carbonyl (C=O) groups excluding carboxylic acids is 2. The van der Waals surface area contributed by atoms with E-state index in [0.29, 0.717) is 58.6 Å². The number of hydrogen-bond donors (Lipinski definition) is 4. The summed E-state index contributed by atoms with van der Waals surface area (Å²) in [6, 6.07) is 18.5. The number of nitrogens with two attached hydrogens (primary N) is 1. The Bertz CT molecular complexity index is 2990. The van der Waals surface area contributed by atoms with Crippen LogP contribution in [0.25, 0.3) is 27.4 Å². The number of aliphatic hydroxyl groups excluding tert-OH is 1. The van der Waals surface area contributed by atoms with Gasteiger partial charge in [0, 0.05) is 69.6 Å². The van der Waals surface area contributed by atoms with Crippen molar-refractivity contribution < 1.29 is 29.1 Å². The summed E-state index contributed by atoms with van der Waals surface area (Å²) in [5, 5.41) is 41.7. The fourth-order valence-corrected chi connectivity index (χ4v) is 13.5. The highest BCUT2D eigenvalue weighted by molar-refractivity contribution is 7.13. The van der Waals surface area contributed by atoms with E-state index in [-0.39, 0.29) is 42.5 Å². The number of thiazole rings is 1. The van der Waals surface area contributed by atoms with Gasteiger partial charge in [0.1, 0.15) is 23.4 Å². The molecule has 0 unspecified atom stereocenters. The summed E-state index contributed by atoms with van der Waals surface area (Å²) in [7, 11) is 0. The van der Waals surface area contributed by atoms with Gasteiger partial charge in [-0.3, -0.25) is 9.59 Å². The molecule has 6 aromatic rings. The van der Waals surface area contributed by atoms with Crippen molar-refractivity contribution in [3.05, 3.63) is 101 Å². The third-order valence-corrected chi connectivity index (χ3v) is 18.4. The van der Waals surface area contributed by atoms with Crippen LogP contribution >= 0.6 is 11.3 Å². The van der Waals surface area contributed by atoms with Crippen LogP contribution < -0.4 is 16.0 Å². The van der Waals surface area contributed by atoms with Crippen LogP contribution in [-0.4, -0.2) is 150 Å². The van der Waals surface area contributed by atoms with Crippen LogP contribution in [0.4, 0.5) is 11.6 Å². The fourth-order valence-electron chi connectivity index (χ4n) is 12.7. The molecular formula is C59H76N12O6S. The van der Waals surface area contributed by atoms with E-state index in [1.807, 2.05) is 94.1 Å². The Labute approximate surface area is 461 Å². The van der Waals surface area contributed by atoms with Gasteiger partial charge in [-0.2, -0.15) is 5.10 Å². The van der Waals surface area contributed by atoms with E-state index in [2.05, 4.69) is 45.5 Å². The van der Waals surface area contributed by atoms with Gasteiger partial charge in [0.05, 0.1) is 52.3 Å². The minimum absolute atomic E-state index is 0.0910. The lowest BCUT2D eigenvalue weighted by Gasteiger charge is -2.47. The number of nitrogens with one attached hydrogen (secondary N) is 1. The number of phenols is 1. The minimum Gasteiger partial charge on any atom is -0.507 e. The molecule has 11 rings (SSSR count). The zero-order chi connectivity index (χ0) is 54.0. The maximum atomic E-state index is 14.4. The van der Waals surface area contributed by atoms with Gasteiger partial charge >= 0.3 is 0 Å². The number of piperidine rings is 3. The lowest BCUT2D eigenvalue weighted by Crippen LogP contribution is -2.52. The molecule has 0 bridgehead atoms. The van der Waals surface area contributed by atoms with Gasteiger partial charge in [-0.15, -0.1) is 21.5 Å². The van der Waals surface area contributed by atoms with Crippen molar-refractivity contribution in [1.29, 1.82) is 0 Å². The molecular weight excluding hydrogens is 1000 g/mol. The molecule has 2 aromatic carbocycles. The van der Waals surface area contributed by atoms with E-state index >= 15 is 0 Å². The van der Waals surface area contributed by atoms with Gasteiger partial charge in [0.15, 0.2) is 17.4 Å². The molecule has 4 aliphatic heterocycles. The standard InChI is InChI=1S/C59H76N12O6S/c1-36(2)55(59(75)70-34-45(72)28-51(70)58(74)63-37(3)42-9-11-43(12-10-42)56-38(4)61-35-78-56)53-30-54(66-77-53)69-23-15-40(16-24-69)32-67-19-17-46(18-20-67)76-47-26-44(27-47)68-21-13-39(14-22-68)25-41-31-62-71(33-41)50-29-49(64-65-57(50)60)48-7-5-6-8-52(48)73/h5-12,29-31,33,35-37,39-40,44-47,51,55,72-73H,13-28,32,34H2,1-4H3,(H2,60,65)(H,63,74)/t37-,44-,45+,47-,51-,55+/m0/s1. The van der Waals surface area contributed by atoms with Crippen molar-refractivity contribution in [1.82, 2.24) is 50.1 Å². The molecule has 4 saturated heterocycles. The quantitative estimate of drug-likeness (QED) is 0.0685. The Hall–Kier alpha value is -6.25. The highest BCUT2D eigenvalue weighted by Crippen LogP contribution is 2.37. The van der Waals surface area contributed by atoms with Gasteiger partial charge < -0.3 is 50.1 Å². The average Bonchev–Trinajstić information content (AvgIpc) is 4.31. The predicted octanol–water partition coefficient (Wildman–Crippen LogP) is 7.80. The van der Waals surface area contributed by atoms with E-state index in [0.717, 1.165) is 118 Å². The van der Waals surface area contributed by atoms with E-state index in [4.69, 9.17) is 15.0 Å². The first-order valence-electron chi connectivity index (χ1n) is 28.4. The number of aromatic hydroxyl groups is 1. The molecule has 18 nitrogen and oxygen atoms in total. The van der Waals surface area contributed by atoms with E-state index in [9.17, 15) is 19.8 Å². The lowest BCUT2D eigenvalue weighted by molar-refractivity contribution is -0.141. The summed E-state index contributed by atoms with van der Waals surface area (Å²) in [6.45, 7) is 15.3. The summed E-state index contributed by atoms with van der Waals surface area (Å²) in [5.74, 6) is 1.62. The number of benzene rings is 2. The zero-order valence-electron chi connectivity index (χ0n) is 45.5. The van der Waals surface area contributed by atoms with Crippen LogP contribution in [0.5, 0.6) is 5.75 Å². The van der Waals surface area contributed by atoms with Crippen LogP contribution in [-0.2, 0) is 20.7 Å². The molecule has 19 heteroatoms. The lowest BCUT2D eigenvalue weighted by atomic mass is 9.84. The average molecular weight is 1080 g/mol. The summed E-state index contributed by atoms with van der Waals surface area (Å²) < 4.78 is 14.4. The Morgan fingerprint density at radius 2 is 1.64 bits per heavy atom. The van der Waals surface area contributed by atoms with Crippen molar-refractivity contribution in [3.63, 3.8) is 0 Å².